The average Bonchev–Trinajstić information content (AvgIpc) is 2.15. The Hall–Kier alpha value is -0.370. The monoisotopic (exact) mass is 228 g/mol. The molecule has 0 rings (SSSR count). The number of hydrogen-bond acceptors (Lipinski definition) is 2. The first-order valence-electron chi connectivity index (χ1n) is 6.25. The van der Waals surface area contributed by atoms with E-state index in [0.29, 0.717) is 12.4 Å². The highest BCUT2D eigenvalue weighted by Crippen LogP contribution is 2.39. The molecule has 0 aliphatic heterocycles. The topological polar surface area (TPSA) is 26.3 Å². The Balaban J connectivity index is 4.95. The zero-order valence-electron chi connectivity index (χ0n) is 12.2. The van der Waals surface area contributed by atoms with E-state index in [1.165, 1.54) is 0 Å². The molecule has 96 valence electrons. The van der Waals surface area contributed by atoms with E-state index in [4.69, 9.17) is 4.74 Å². The van der Waals surface area contributed by atoms with Crippen molar-refractivity contribution in [3.05, 3.63) is 0 Å². The summed E-state index contributed by atoms with van der Waals surface area (Å²) in [6.07, 6.45) is 0. The molecule has 0 spiro atoms. The summed E-state index contributed by atoms with van der Waals surface area (Å²) >= 11 is 0. The van der Waals surface area contributed by atoms with Crippen LogP contribution in [0.15, 0.2) is 0 Å². The molecule has 0 saturated heterocycles. The summed E-state index contributed by atoms with van der Waals surface area (Å²) in [5.41, 5.74) is -0.602. The number of Topliss-reactive ketones (excluding diaryl/α,β-unsaturated/α-hetero) is 1. The van der Waals surface area contributed by atoms with Crippen LogP contribution in [0.2, 0.25) is 0 Å². The minimum Gasteiger partial charge on any atom is -0.376 e. The average molecular weight is 228 g/mol. The SMILES string of the molecule is CCOC(C)(C)C(C)C(C)(C)C(=O)C(C)C. The normalized spacial score (nSPS) is 15.3. The zero-order chi connectivity index (χ0) is 13.1. The summed E-state index contributed by atoms with van der Waals surface area (Å²) in [5, 5.41) is 0. The van der Waals surface area contributed by atoms with E-state index in [9.17, 15) is 4.79 Å². The standard InChI is InChI=1S/C14H28O2/c1-9-16-14(7,8)11(4)13(5,6)12(15)10(2)3/h10-11H,9H2,1-8H3. The fraction of sp³-hybridized carbons (Fsp3) is 0.929. The molecule has 0 aromatic rings. The lowest BCUT2D eigenvalue weighted by Gasteiger charge is -2.42. The van der Waals surface area contributed by atoms with Gasteiger partial charge < -0.3 is 4.74 Å². The van der Waals surface area contributed by atoms with Gasteiger partial charge in [0, 0.05) is 17.9 Å². The second-order valence-electron chi connectivity index (χ2n) is 6.00. The third kappa shape index (κ3) is 3.31. The van der Waals surface area contributed by atoms with E-state index in [1.807, 2.05) is 34.6 Å². The maximum Gasteiger partial charge on any atom is 0.141 e. The van der Waals surface area contributed by atoms with Crippen molar-refractivity contribution in [3.8, 4) is 0 Å². The quantitative estimate of drug-likeness (QED) is 0.693. The van der Waals surface area contributed by atoms with Gasteiger partial charge in [-0.25, -0.2) is 0 Å². The van der Waals surface area contributed by atoms with Gasteiger partial charge in [-0.05, 0) is 26.7 Å². The molecular formula is C14H28O2. The minimum atomic E-state index is -0.340. The van der Waals surface area contributed by atoms with Gasteiger partial charge in [0.25, 0.3) is 0 Å². The molecule has 0 aliphatic rings. The molecule has 0 amide bonds. The Bertz CT molecular complexity index is 239. The fourth-order valence-electron chi connectivity index (χ4n) is 2.32. The molecule has 0 bridgehead atoms. The second-order valence-corrected chi connectivity index (χ2v) is 6.00. The number of carbonyl (C=O) groups excluding carboxylic acids is 1. The van der Waals surface area contributed by atoms with Gasteiger partial charge in [0.05, 0.1) is 5.60 Å². The van der Waals surface area contributed by atoms with Crippen molar-refractivity contribution in [2.45, 2.75) is 61.0 Å². The molecule has 0 radical (unpaired) electrons. The maximum absolute atomic E-state index is 12.2. The van der Waals surface area contributed by atoms with E-state index < -0.39 is 0 Å². The molecule has 0 fully saturated rings. The third-order valence-electron chi connectivity index (χ3n) is 3.80. The molecule has 0 aromatic heterocycles. The van der Waals surface area contributed by atoms with Gasteiger partial charge in [-0.3, -0.25) is 4.79 Å². The molecule has 1 unspecified atom stereocenters. The highest BCUT2D eigenvalue weighted by atomic mass is 16.5. The van der Waals surface area contributed by atoms with Gasteiger partial charge in [-0.1, -0.05) is 34.6 Å². The Labute approximate surface area is 101 Å². The first-order chi connectivity index (χ1) is 7.07. The summed E-state index contributed by atoms with van der Waals surface area (Å²) in [6, 6.07) is 0. The molecule has 0 heterocycles. The molecule has 0 N–H and O–H groups in total. The zero-order valence-corrected chi connectivity index (χ0v) is 12.2. The summed E-state index contributed by atoms with van der Waals surface area (Å²) in [4.78, 5) is 12.2. The van der Waals surface area contributed by atoms with E-state index in [1.54, 1.807) is 0 Å². The second kappa shape index (κ2) is 5.31. The Morgan fingerprint density at radius 1 is 1.12 bits per heavy atom. The van der Waals surface area contributed by atoms with E-state index in [0.717, 1.165) is 0 Å². The third-order valence-corrected chi connectivity index (χ3v) is 3.80. The Morgan fingerprint density at radius 3 is 1.88 bits per heavy atom. The van der Waals surface area contributed by atoms with Gasteiger partial charge in [-0.2, -0.15) is 0 Å². The van der Waals surface area contributed by atoms with Gasteiger partial charge >= 0.3 is 0 Å². The number of hydrogen-bond donors (Lipinski definition) is 0. The molecule has 0 aromatic carbocycles. The molecule has 1 atom stereocenters. The highest BCUT2D eigenvalue weighted by molar-refractivity contribution is 5.86. The largest absolute Gasteiger partial charge is 0.376 e. The Kier molecular flexibility index (Phi) is 5.18. The van der Waals surface area contributed by atoms with Gasteiger partial charge in [-0.15, -0.1) is 0 Å². The van der Waals surface area contributed by atoms with Crippen LogP contribution in [0.25, 0.3) is 0 Å². The summed E-state index contributed by atoms with van der Waals surface area (Å²) in [6.45, 7) is 16.9. The van der Waals surface area contributed by atoms with Crippen molar-refractivity contribution >= 4 is 5.78 Å². The smallest absolute Gasteiger partial charge is 0.141 e. The van der Waals surface area contributed by atoms with Crippen LogP contribution >= 0.6 is 0 Å². The lowest BCUT2D eigenvalue weighted by Crippen LogP contribution is -2.46. The lowest BCUT2D eigenvalue weighted by molar-refractivity contribution is -0.143. The van der Waals surface area contributed by atoms with E-state index in [2.05, 4.69) is 20.8 Å². The van der Waals surface area contributed by atoms with Crippen LogP contribution in [-0.2, 0) is 9.53 Å². The van der Waals surface area contributed by atoms with Crippen LogP contribution in [-0.4, -0.2) is 18.0 Å². The van der Waals surface area contributed by atoms with Crippen LogP contribution in [0.3, 0.4) is 0 Å². The van der Waals surface area contributed by atoms with Crippen LogP contribution in [0.4, 0.5) is 0 Å². The van der Waals surface area contributed by atoms with Crippen molar-refractivity contribution in [3.63, 3.8) is 0 Å². The van der Waals surface area contributed by atoms with Gasteiger partial charge in [0.1, 0.15) is 5.78 Å². The predicted octanol–water partition coefficient (Wildman–Crippen LogP) is 3.69. The molecule has 0 saturated carbocycles. The highest BCUT2D eigenvalue weighted by Gasteiger charge is 2.43. The molecule has 0 aliphatic carbocycles. The van der Waals surface area contributed by atoms with Crippen molar-refractivity contribution in [1.29, 1.82) is 0 Å². The van der Waals surface area contributed by atoms with Gasteiger partial charge in [0.2, 0.25) is 0 Å². The van der Waals surface area contributed by atoms with Gasteiger partial charge in [0.15, 0.2) is 0 Å². The Morgan fingerprint density at radius 2 is 1.56 bits per heavy atom. The van der Waals surface area contributed by atoms with Crippen LogP contribution in [0.1, 0.15) is 55.4 Å². The van der Waals surface area contributed by atoms with E-state index >= 15 is 0 Å². The van der Waals surface area contributed by atoms with Crippen LogP contribution in [0, 0.1) is 17.3 Å². The fourth-order valence-corrected chi connectivity index (χ4v) is 2.32. The summed E-state index contributed by atoms with van der Waals surface area (Å²) in [5.74, 6) is 0.581. The molecule has 2 nitrogen and oxygen atoms in total. The van der Waals surface area contributed by atoms with Crippen molar-refractivity contribution < 1.29 is 9.53 Å². The van der Waals surface area contributed by atoms with Crippen molar-refractivity contribution in [2.75, 3.05) is 6.61 Å². The summed E-state index contributed by atoms with van der Waals surface area (Å²) < 4.78 is 5.76. The summed E-state index contributed by atoms with van der Waals surface area (Å²) in [7, 11) is 0. The van der Waals surface area contributed by atoms with E-state index in [-0.39, 0.29) is 22.9 Å². The number of ether oxygens (including phenoxy) is 1. The number of rotatable bonds is 6. The first kappa shape index (κ1) is 15.6. The number of carbonyl (C=O) groups is 1. The molecular weight excluding hydrogens is 200 g/mol. The first-order valence-corrected chi connectivity index (χ1v) is 6.25. The van der Waals surface area contributed by atoms with Crippen LogP contribution in [0.5, 0.6) is 0 Å². The van der Waals surface area contributed by atoms with Crippen LogP contribution < -0.4 is 0 Å². The minimum absolute atomic E-state index is 0.0786. The molecule has 2 heteroatoms. The number of ketones is 1. The van der Waals surface area contributed by atoms with Crippen molar-refractivity contribution in [2.24, 2.45) is 17.3 Å². The van der Waals surface area contributed by atoms with Crippen molar-refractivity contribution in [1.82, 2.24) is 0 Å². The maximum atomic E-state index is 12.2. The predicted molar refractivity (Wildman–Crippen MR) is 68.5 cm³/mol. The molecule has 16 heavy (non-hydrogen) atoms. The lowest BCUT2D eigenvalue weighted by atomic mass is 9.67.